The predicted octanol–water partition coefficient (Wildman–Crippen LogP) is 2.90. The highest BCUT2D eigenvalue weighted by Crippen LogP contribution is 2.17. The highest BCUT2D eigenvalue weighted by atomic mass is 19.2. The largest absolute Gasteiger partial charge is 0.323 e. The third-order valence-electron chi connectivity index (χ3n) is 3.07. The van der Waals surface area contributed by atoms with Crippen LogP contribution in [0.5, 0.6) is 0 Å². The quantitative estimate of drug-likeness (QED) is 0.566. The Labute approximate surface area is 133 Å². The molecule has 0 fully saturated rings. The Kier molecular flexibility index (Phi) is 3.98. The van der Waals surface area contributed by atoms with Crippen LogP contribution in [0.25, 0.3) is 0 Å². The van der Waals surface area contributed by atoms with Gasteiger partial charge in [-0.15, -0.1) is 0 Å². The number of nitrogens with zero attached hydrogens (tertiary/aromatic N) is 3. The maximum Gasteiger partial charge on any atom is 0.230 e. The van der Waals surface area contributed by atoms with E-state index in [9.17, 15) is 18.0 Å². The zero-order valence-corrected chi connectivity index (χ0v) is 12.3. The van der Waals surface area contributed by atoms with Crippen LogP contribution in [-0.4, -0.2) is 25.9 Å². The molecule has 0 saturated heterocycles. The molecule has 2 aromatic heterocycles. The summed E-state index contributed by atoms with van der Waals surface area (Å²) in [5.41, 5.74) is 0.430. The topological polar surface area (TPSA) is 83.6 Å². The molecule has 6 nitrogen and oxygen atoms in total. The molecule has 0 unspecified atom stereocenters. The summed E-state index contributed by atoms with van der Waals surface area (Å²) >= 11 is 0. The Morgan fingerprint density at radius 2 is 1.83 bits per heavy atom. The first-order valence-electron chi connectivity index (χ1n) is 6.75. The SMILES string of the molecule is Cc1cc(Nc2ccnc(C(=O)c3cc(F)c(F)c(F)c3)n2)n[nH]1. The molecule has 0 atom stereocenters. The Hall–Kier alpha value is -3.23. The van der Waals surface area contributed by atoms with Crippen LogP contribution in [0.1, 0.15) is 21.9 Å². The highest BCUT2D eigenvalue weighted by Gasteiger charge is 2.18. The molecular formula is C15H10F3N5O. The van der Waals surface area contributed by atoms with Crippen LogP contribution in [0, 0.1) is 24.4 Å². The molecule has 3 aromatic rings. The van der Waals surface area contributed by atoms with Crippen LogP contribution in [0.3, 0.4) is 0 Å². The number of halogens is 3. The van der Waals surface area contributed by atoms with Crippen LogP contribution in [-0.2, 0) is 0 Å². The predicted molar refractivity (Wildman–Crippen MR) is 78.4 cm³/mol. The standard InChI is InChI=1S/C15H10F3N5O/c1-7-4-12(23-22-7)20-11-2-3-19-15(21-11)14(24)8-5-9(16)13(18)10(17)6-8/h2-6H,1H3,(H2,19,20,21,22,23). The summed E-state index contributed by atoms with van der Waals surface area (Å²) < 4.78 is 39.5. The van der Waals surface area contributed by atoms with E-state index in [1.807, 2.05) is 6.92 Å². The van der Waals surface area contributed by atoms with Crippen molar-refractivity contribution in [3.05, 3.63) is 65.0 Å². The normalized spacial score (nSPS) is 10.7. The van der Waals surface area contributed by atoms with Gasteiger partial charge in [-0.2, -0.15) is 5.10 Å². The van der Waals surface area contributed by atoms with Crippen molar-refractivity contribution in [1.29, 1.82) is 0 Å². The summed E-state index contributed by atoms with van der Waals surface area (Å²) in [6.07, 6.45) is 1.30. The number of nitrogens with one attached hydrogen (secondary N) is 2. The molecule has 0 amide bonds. The molecule has 1 aromatic carbocycles. The van der Waals surface area contributed by atoms with Gasteiger partial charge in [0.1, 0.15) is 5.82 Å². The van der Waals surface area contributed by atoms with Gasteiger partial charge in [-0.05, 0) is 25.1 Å². The van der Waals surface area contributed by atoms with Gasteiger partial charge in [0.25, 0.3) is 0 Å². The van der Waals surface area contributed by atoms with E-state index in [0.717, 1.165) is 5.69 Å². The summed E-state index contributed by atoms with van der Waals surface area (Å²) in [7, 11) is 0. The van der Waals surface area contributed by atoms with Crippen molar-refractivity contribution < 1.29 is 18.0 Å². The summed E-state index contributed by atoms with van der Waals surface area (Å²) in [6.45, 7) is 1.81. The van der Waals surface area contributed by atoms with Crippen molar-refractivity contribution in [3.63, 3.8) is 0 Å². The lowest BCUT2D eigenvalue weighted by Gasteiger charge is -2.05. The van der Waals surface area contributed by atoms with E-state index in [1.165, 1.54) is 12.3 Å². The van der Waals surface area contributed by atoms with E-state index in [4.69, 9.17) is 0 Å². The molecule has 0 spiro atoms. The number of aromatic nitrogens is 4. The van der Waals surface area contributed by atoms with Gasteiger partial charge in [0, 0.05) is 23.5 Å². The number of anilines is 2. The number of rotatable bonds is 4. The highest BCUT2D eigenvalue weighted by molar-refractivity contribution is 6.06. The van der Waals surface area contributed by atoms with Gasteiger partial charge in [0.15, 0.2) is 23.3 Å². The second kappa shape index (κ2) is 6.11. The van der Waals surface area contributed by atoms with Gasteiger partial charge >= 0.3 is 0 Å². The van der Waals surface area contributed by atoms with Crippen LogP contribution < -0.4 is 5.32 Å². The Morgan fingerprint density at radius 1 is 1.12 bits per heavy atom. The molecule has 2 N–H and O–H groups in total. The lowest BCUT2D eigenvalue weighted by molar-refractivity contribution is 0.102. The van der Waals surface area contributed by atoms with Gasteiger partial charge in [0.05, 0.1) is 0 Å². The molecule has 24 heavy (non-hydrogen) atoms. The second-order valence-electron chi connectivity index (χ2n) is 4.91. The first-order valence-corrected chi connectivity index (χ1v) is 6.75. The van der Waals surface area contributed by atoms with E-state index in [1.54, 1.807) is 6.07 Å². The van der Waals surface area contributed by atoms with Crippen molar-refractivity contribution in [1.82, 2.24) is 20.2 Å². The average molecular weight is 333 g/mol. The van der Waals surface area contributed by atoms with Crippen LogP contribution >= 0.6 is 0 Å². The van der Waals surface area contributed by atoms with E-state index in [-0.39, 0.29) is 17.2 Å². The Bertz CT molecular complexity index is 902. The van der Waals surface area contributed by atoms with Crippen molar-refractivity contribution in [3.8, 4) is 0 Å². The third-order valence-corrected chi connectivity index (χ3v) is 3.07. The number of hydrogen-bond donors (Lipinski definition) is 2. The number of benzene rings is 1. The minimum Gasteiger partial charge on any atom is -0.323 e. The number of carbonyl (C=O) groups is 1. The molecular weight excluding hydrogens is 323 g/mol. The van der Waals surface area contributed by atoms with E-state index in [2.05, 4.69) is 25.5 Å². The molecule has 0 radical (unpaired) electrons. The first-order chi connectivity index (χ1) is 11.4. The van der Waals surface area contributed by atoms with Crippen molar-refractivity contribution in [2.24, 2.45) is 0 Å². The maximum atomic E-state index is 13.3. The summed E-state index contributed by atoms with van der Waals surface area (Å²) in [5.74, 6) is -4.95. The molecule has 122 valence electrons. The average Bonchev–Trinajstić information content (AvgIpc) is 2.96. The van der Waals surface area contributed by atoms with E-state index >= 15 is 0 Å². The van der Waals surface area contributed by atoms with Crippen molar-refractivity contribution >= 4 is 17.4 Å². The smallest absolute Gasteiger partial charge is 0.230 e. The number of aryl methyl sites for hydroxylation is 1. The summed E-state index contributed by atoms with van der Waals surface area (Å²) in [6, 6.07) is 4.41. The van der Waals surface area contributed by atoms with Crippen LogP contribution in [0.2, 0.25) is 0 Å². The summed E-state index contributed by atoms with van der Waals surface area (Å²) in [5, 5.41) is 9.53. The second-order valence-corrected chi connectivity index (χ2v) is 4.91. The fraction of sp³-hybridized carbons (Fsp3) is 0.0667. The lowest BCUT2D eigenvalue weighted by atomic mass is 10.1. The third kappa shape index (κ3) is 3.09. The van der Waals surface area contributed by atoms with Gasteiger partial charge in [-0.25, -0.2) is 23.1 Å². The Morgan fingerprint density at radius 3 is 2.46 bits per heavy atom. The number of H-pyrrole nitrogens is 1. The lowest BCUT2D eigenvalue weighted by Crippen LogP contribution is -2.10. The molecule has 0 aliphatic carbocycles. The fourth-order valence-corrected chi connectivity index (χ4v) is 1.97. The van der Waals surface area contributed by atoms with E-state index in [0.29, 0.717) is 18.0 Å². The molecule has 2 heterocycles. The monoisotopic (exact) mass is 333 g/mol. The van der Waals surface area contributed by atoms with Gasteiger partial charge in [-0.3, -0.25) is 9.89 Å². The number of carbonyl (C=O) groups excluding carboxylic acids is 1. The number of hydrogen-bond acceptors (Lipinski definition) is 5. The molecule has 9 heteroatoms. The van der Waals surface area contributed by atoms with Crippen molar-refractivity contribution in [2.45, 2.75) is 6.92 Å². The summed E-state index contributed by atoms with van der Waals surface area (Å²) in [4.78, 5) is 20.0. The zero-order valence-electron chi connectivity index (χ0n) is 12.3. The number of aromatic amines is 1. The molecule has 3 rings (SSSR count). The molecule has 0 aliphatic rings. The molecule has 0 aliphatic heterocycles. The Balaban J connectivity index is 1.89. The van der Waals surface area contributed by atoms with Crippen LogP contribution in [0.4, 0.5) is 24.8 Å². The minimum atomic E-state index is -1.64. The molecule has 0 bridgehead atoms. The zero-order chi connectivity index (χ0) is 17.3. The van der Waals surface area contributed by atoms with E-state index < -0.39 is 23.2 Å². The first kappa shape index (κ1) is 15.7. The fourth-order valence-electron chi connectivity index (χ4n) is 1.97. The minimum absolute atomic E-state index is 0.267. The molecule has 0 saturated carbocycles. The van der Waals surface area contributed by atoms with Gasteiger partial charge in [-0.1, -0.05) is 0 Å². The maximum absolute atomic E-state index is 13.3. The number of ketones is 1. The van der Waals surface area contributed by atoms with Gasteiger partial charge < -0.3 is 5.32 Å². The van der Waals surface area contributed by atoms with Gasteiger partial charge in [0.2, 0.25) is 11.6 Å². The van der Waals surface area contributed by atoms with Crippen LogP contribution in [0.15, 0.2) is 30.5 Å². The van der Waals surface area contributed by atoms with Crippen molar-refractivity contribution in [2.75, 3.05) is 5.32 Å².